The smallest absolute Gasteiger partial charge is 0.0610 e. The van der Waals surface area contributed by atoms with E-state index < -0.39 is 0 Å². The topological polar surface area (TPSA) is 9.23 Å². The Labute approximate surface area is 86.2 Å². The molecule has 1 fully saturated rings. The van der Waals surface area contributed by atoms with Gasteiger partial charge in [0.2, 0.25) is 0 Å². The van der Waals surface area contributed by atoms with Crippen LogP contribution in [0.4, 0.5) is 0 Å². The van der Waals surface area contributed by atoms with Gasteiger partial charge in [0.1, 0.15) is 0 Å². The van der Waals surface area contributed by atoms with E-state index in [0.29, 0.717) is 6.10 Å². The monoisotopic (exact) mass is 204 g/mol. The summed E-state index contributed by atoms with van der Waals surface area (Å²) in [6, 6.07) is 0. The molecule has 0 aromatic carbocycles. The molecule has 1 unspecified atom stereocenters. The van der Waals surface area contributed by atoms with Crippen molar-refractivity contribution in [1.82, 2.24) is 0 Å². The lowest BCUT2D eigenvalue weighted by Gasteiger charge is -2.18. The lowest BCUT2D eigenvalue weighted by Crippen LogP contribution is -2.11. The summed E-state index contributed by atoms with van der Waals surface area (Å²) in [5.74, 6) is 0. The Kier molecular flexibility index (Phi) is 17.6. The fourth-order valence-corrected chi connectivity index (χ4v) is 1.47. The van der Waals surface area contributed by atoms with Crippen molar-refractivity contribution in [2.45, 2.75) is 59.0 Å². The van der Waals surface area contributed by atoms with Gasteiger partial charge >= 0.3 is 0 Å². The standard InChI is InChI=1S/C6H13OP.C3H6.C2H6/c8-7-6-4-2-1-3-5-6;1-3-2;1-2/h6H,1-5,8H2;3H,1H2,2H3;1-2H3. The van der Waals surface area contributed by atoms with Gasteiger partial charge in [-0.2, -0.15) is 0 Å². The third-order valence-corrected chi connectivity index (χ3v) is 2.13. The van der Waals surface area contributed by atoms with Crippen molar-refractivity contribution in [3.8, 4) is 0 Å². The van der Waals surface area contributed by atoms with Crippen LogP contribution in [-0.4, -0.2) is 6.10 Å². The minimum atomic E-state index is 0.550. The van der Waals surface area contributed by atoms with Gasteiger partial charge in [-0.05, 0) is 19.8 Å². The van der Waals surface area contributed by atoms with E-state index in [2.05, 4.69) is 16.0 Å². The van der Waals surface area contributed by atoms with Crippen LogP contribution in [0.1, 0.15) is 52.9 Å². The third kappa shape index (κ3) is 12.1. The third-order valence-electron chi connectivity index (χ3n) is 1.74. The van der Waals surface area contributed by atoms with Crippen LogP contribution in [0.25, 0.3) is 0 Å². The lowest BCUT2D eigenvalue weighted by atomic mass is 9.98. The molecule has 80 valence electrons. The zero-order chi connectivity index (χ0) is 10.5. The summed E-state index contributed by atoms with van der Waals surface area (Å²) >= 11 is 0. The van der Waals surface area contributed by atoms with Crippen molar-refractivity contribution in [3.63, 3.8) is 0 Å². The molecule has 1 atom stereocenters. The van der Waals surface area contributed by atoms with Crippen molar-refractivity contribution < 1.29 is 4.52 Å². The molecule has 0 aromatic heterocycles. The molecule has 0 aromatic rings. The SMILES string of the molecule is C=CC.CC.POC1CCCCC1. The number of hydrogen-bond donors (Lipinski definition) is 0. The van der Waals surface area contributed by atoms with E-state index in [1.807, 2.05) is 20.8 Å². The normalized spacial score (nSPS) is 16.0. The van der Waals surface area contributed by atoms with E-state index in [1.165, 1.54) is 32.1 Å². The van der Waals surface area contributed by atoms with E-state index in [4.69, 9.17) is 4.52 Å². The minimum absolute atomic E-state index is 0.550. The molecule has 1 nitrogen and oxygen atoms in total. The molecule has 13 heavy (non-hydrogen) atoms. The molecule has 0 saturated heterocycles. The van der Waals surface area contributed by atoms with Gasteiger partial charge in [-0.1, -0.05) is 39.2 Å². The van der Waals surface area contributed by atoms with Crippen LogP contribution in [0.2, 0.25) is 0 Å². The van der Waals surface area contributed by atoms with Gasteiger partial charge < -0.3 is 4.52 Å². The van der Waals surface area contributed by atoms with E-state index in [0.717, 1.165) is 0 Å². The van der Waals surface area contributed by atoms with Crippen molar-refractivity contribution in [1.29, 1.82) is 0 Å². The largest absolute Gasteiger partial charge is 0.362 e. The molecular weight excluding hydrogens is 179 g/mol. The van der Waals surface area contributed by atoms with Crippen molar-refractivity contribution in [2.75, 3.05) is 0 Å². The Morgan fingerprint density at radius 1 is 1.23 bits per heavy atom. The minimum Gasteiger partial charge on any atom is -0.362 e. The van der Waals surface area contributed by atoms with Gasteiger partial charge in [-0.3, -0.25) is 0 Å². The second-order valence-electron chi connectivity index (χ2n) is 2.80. The van der Waals surface area contributed by atoms with Gasteiger partial charge in [-0.25, -0.2) is 0 Å². The highest BCUT2D eigenvalue weighted by atomic mass is 31.0. The highest BCUT2D eigenvalue weighted by molar-refractivity contribution is 7.09. The van der Waals surface area contributed by atoms with Crippen LogP contribution < -0.4 is 0 Å². The van der Waals surface area contributed by atoms with Gasteiger partial charge in [0, 0.05) is 9.47 Å². The molecule has 1 saturated carbocycles. The van der Waals surface area contributed by atoms with Gasteiger partial charge in [0.25, 0.3) is 0 Å². The lowest BCUT2D eigenvalue weighted by molar-refractivity contribution is 0.183. The second kappa shape index (κ2) is 14.6. The van der Waals surface area contributed by atoms with Crippen molar-refractivity contribution in [2.24, 2.45) is 0 Å². The summed E-state index contributed by atoms with van der Waals surface area (Å²) in [4.78, 5) is 0. The fraction of sp³-hybridized carbons (Fsp3) is 0.818. The Balaban J connectivity index is 0. The van der Waals surface area contributed by atoms with E-state index in [1.54, 1.807) is 6.08 Å². The summed E-state index contributed by atoms with van der Waals surface area (Å²) in [7, 11) is 2.35. The maximum Gasteiger partial charge on any atom is 0.0610 e. The van der Waals surface area contributed by atoms with Crippen LogP contribution in [0.5, 0.6) is 0 Å². The van der Waals surface area contributed by atoms with Crippen LogP contribution >= 0.6 is 9.47 Å². The Morgan fingerprint density at radius 3 is 1.85 bits per heavy atom. The molecule has 1 aliphatic carbocycles. The highest BCUT2D eigenvalue weighted by Gasteiger charge is 2.10. The highest BCUT2D eigenvalue weighted by Crippen LogP contribution is 2.21. The second-order valence-corrected chi connectivity index (χ2v) is 3.08. The number of hydrogen-bond acceptors (Lipinski definition) is 1. The first-order valence-corrected chi connectivity index (χ1v) is 5.74. The predicted octanol–water partition coefficient (Wildman–Crippen LogP) is 4.34. The quantitative estimate of drug-likeness (QED) is 0.456. The molecule has 0 aliphatic heterocycles. The van der Waals surface area contributed by atoms with Crippen LogP contribution in [0, 0.1) is 0 Å². The first-order valence-electron chi connectivity index (χ1n) is 5.27. The van der Waals surface area contributed by atoms with Gasteiger partial charge in [0.15, 0.2) is 0 Å². The zero-order valence-electron chi connectivity index (χ0n) is 9.38. The zero-order valence-corrected chi connectivity index (χ0v) is 10.5. The molecule has 1 aliphatic rings. The van der Waals surface area contributed by atoms with Crippen LogP contribution in [-0.2, 0) is 4.52 Å². The molecule has 0 heterocycles. The predicted molar refractivity (Wildman–Crippen MR) is 64.9 cm³/mol. The summed E-state index contributed by atoms with van der Waals surface area (Å²) in [5, 5.41) is 0. The summed E-state index contributed by atoms with van der Waals surface area (Å²) in [6.07, 6.45) is 8.96. The molecular formula is C11H25OP. The average molecular weight is 204 g/mol. The first kappa shape index (κ1) is 15.6. The number of allylic oxidation sites excluding steroid dienone is 1. The Morgan fingerprint density at radius 2 is 1.62 bits per heavy atom. The molecule has 0 bridgehead atoms. The first-order chi connectivity index (χ1) is 6.35. The van der Waals surface area contributed by atoms with E-state index in [9.17, 15) is 0 Å². The molecule has 2 heteroatoms. The number of rotatable bonds is 1. The summed E-state index contributed by atoms with van der Waals surface area (Å²) in [6.45, 7) is 9.25. The Bertz CT molecular complexity index is 88.1. The van der Waals surface area contributed by atoms with Crippen molar-refractivity contribution >= 4 is 9.47 Å². The summed E-state index contributed by atoms with van der Waals surface area (Å²) < 4.78 is 5.11. The maximum absolute atomic E-state index is 5.11. The van der Waals surface area contributed by atoms with Gasteiger partial charge in [-0.15, -0.1) is 6.58 Å². The van der Waals surface area contributed by atoms with E-state index >= 15 is 0 Å². The van der Waals surface area contributed by atoms with E-state index in [-0.39, 0.29) is 0 Å². The van der Waals surface area contributed by atoms with Gasteiger partial charge in [0.05, 0.1) is 6.10 Å². The van der Waals surface area contributed by atoms with Crippen molar-refractivity contribution in [3.05, 3.63) is 12.7 Å². The molecule has 0 spiro atoms. The summed E-state index contributed by atoms with van der Waals surface area (Å²) in [5.41, 5.74) is 0. The molecule has 0 radical (unpaired) electrons. The maximum atomic E-state index is 5.11. The Hall–Kier alpha value is 0.130. The van der Waals surface area contributed by atoms with Crippen LogP contribution in [0.3, 0.4) is 0 Å². The fourth-order valence-electron chi connectivity index (χ4n) is 1.20. The molecule has 1 rings (SSSR count). The van der Waals surface area contributed by atoms with Crippen LogP contribution in [0.15, 0.2) is 12.7 Å². The molecule has 0 N–H and O–H groups in total. The molecule has 0 amide bonds. The average Bonchev–Trinajstić information content (AvgIpc) is 2.23.